The predicted molar refractivity (Wildman–Crippen MR) is 116 cm³/mol. The Morgan fingerprint density at radius 2 is 2.00 bits per heavy atom. The van der Waals surface area contributed by atoms with Crippen LogP contribution < -0.4 is 9.47 Å². The molecule has 1 atom stereocenters. The number of nitrogens with zero attached hydrogens (tertiary/aromatic N) is 2. The number of Topliss-reactive ketones (excluding diaryl/α,β-unsaturated/α-hetero) is 1. The first kappa shape index (κ1) is 23.7. The van der Waals surface area contributed by atoms with Crippen LogP contribution in [0.5, 0.6) is 11.6 Å². The lowest BCUT2D eigenvalue weighted by atomic mass is 9.96. The van der Waals surface area contributed by atoms with Crippen molar-refractivity contribution < 1.29 is 28.2 Å². The van der Waals surface area contributed by atoms with Crippen molar-refractivity contribution in [3.63, 3.8) is 0 Å². The number of aryl methyl sites for hydroxylation is 1. The fourth-order valence-corrected chi connectivity index (χ4v) is 3.66. The van der Waals surface area contributed by atoms with Crippen LogP contribution in [0.1, 0.15) is 54.2 Å². The summed E-state index contributed by atoms with van der Waals surface area (Å²) in [6.07, 6.45) is 4.54. The number of methoxy groups -OCH3 is 1. The highest BCUT2D eigenvalue weighted by atomic mass is 19.1. The van der Waals surface area contributed by atoms with Crippen molar-refractivity contribution in [2.24, 2.45) is 5.92 Å². The molecule has 1 N–H and O–H groups in total. The zero-order valence-corrected chi connectivity index (χ0v) is 18.5. The van der Waals surface area contributed by atoms with Crippen molar-refractivity contribution in [1.82, 2.24) is 9.38 Å². The van der Waals surface area contributed by atoms with Gasteiger partial charge >= 0.3 is 0 Å². The number of imidazole rings is 1. The number of ether oxygens (including phenoxy) is 2. The molecule has 0 bridgehead atoms. The fourth-order valence-electron chi connectivity index (χ4n) is 3.66. The monoisotopic (exact) mass is 446 g/mol. The maximum absolute atomic E-state index is 14.0. The van der Waals surface area contributed by atoms with Crippen molar-refractivity contribution in [1.29, 1.82) is 0 Å². The second kappa shape index (κ2) is 10.5. The molecule has 0 spiro atoms. The van der Waals surface area contributed by atoms with Crippen LogP contribution in [-0.2, 0) is 6.61 Å². The number of unbranched alkanes of at least 4 members (excludes halogenated alkanes) is 1. The highest BCUT2D eigenvalue weighted by Gasteiger charge is 2.25. The number of carbonyl (C=O) groups is 1. The Morgan fingerprint density at radius 3 is 2.62 bits per heavy atom. The Labute approximate surface area is 185 Å². The molecule has 0 fully saturated rings. The highest BCUT2D eigenvalue weighted by Crippen LogP contribution is 2.30. The normalized spacial score (nSPS) is 12.2. The number of benzene rings is 1. The van der Waals surface area contributed by atoms with Gasteiger partial charge in [-0.2, -0.15) is 4.98 Å². The van der Waals surface area contributed by atoms with Crippen molar-refractivity contribution in [2.75, 3.05) is 13.7 Å². The molecule has 6 nitrogen and oxygen atoms in total. The number of pyridine rings is 1. The Morgan fingerprint density at radius 1 is 1.28 bits per heavy atom. The van der Waals surface area contributed by atoms with Gasteiger partial charge in [-0.3, -0.25) is 9.20 Å². The van der Waals surface area contributed by atoms with Gasteiger partial charge in [-0.1, -0.05) is 25.8 Å². The van der Waals surface area contributed by atoms with Crippen LogP contribution in [-0.4, -0.2) is 34.0 Å². The van der Waals surface area contributed by atoms with Gasteiger partial charge in [0.15, 0.2) is 22.9 Å². The SMILES string of the molecule is CCCC[C@H](CO)CC(=O)c1c(OC)nc2c(OCc3c(F)cccc3F)cc(C)cn12. The van der Waals surface area contributed by atoms with Gasteiger partial charge in [-0.05, 0) is 43.0 Å². The van der Waals surface area contributed by atoms with Crippen molar-refractivity contribution >= 4 is 11.4 Å². The van der Waals surface area contributed by atoms with Crippen LogP contribution >= 0.6 is 0 Å². The van der Waals surface area contributed by atoms with E-state index in [1.165, 1.54) is 25.3 Å². The first-order valence-corrected chi connectivity index (χ1v) is 10.7. The van der Waals surface area contributed by atoms with Crippen LogP contribution in [0.3, 0.4) is 0 Å². The lowest BCUT2D eigenvalue weighted by Crippen LogP contribution is -2.15. The van der Waals surface area contributed by atoms with Gasteiger partial charge in [-0.15, -0.1) is 0 Å². The average Bonchev–Trinajstić information content (AvgIpc) is 3.14. The molecule has 1 aromatic carbocycles. The molecule has 3 rings (SSSR count). The highest BCUT2D eigenvalue weighted by molar-refractivity contribution is 5.98. The molecule has 2 heterocycles. The third-order valence-corrected chi connectivity index (χ3v) is 5.38. The molecular formula is C24H28F2N2O4. The molecule has 0 aliphatic carbocycles. The molecule has 0 amide bonds. The molecule has 0 aliphatic rings. The van der Waals surface area contributed by atoms with E-state index in [1.807, 2.05) is 6.92 Å². The van der Waals surface area contributed by atoms with E-state index in [9.17, 15) is 18.7 Å². The van der Waals surface area contributed by atoms with E-state index in [0.29, 0.717) is 5.65 Å². The summed E-state index contributed by atoms with van der Waals surface area (Å²) in [6, 6.07) is 5.31. The summed E-state index contributed by atoms with van der Waals surface area (Å²) in [4.78, 5) is 17.5. The van der Waals surface area contributed by atoms with Gasteiger partial charge in [0.25, 0.3) is 0 Å². The summed E-state index contributed by atoms with van der Waals surface area (Å²) in [5.74, 6) is -1.35. The van der Waals surface area contributed by atoms with Crippen molar-refractivity contribution in [3.05, 3.63) is 58.9 Å². The zero-order chi connectivity index (χ0) is 23.3. The van der Waals surface area contributed by atoms with Crippen LogP contribution in [0.4, 0.5) is 8.78 Å². The number of hydrogen-bond donors (Lipinski definition) is 1. The number of aliphatic hydroxyl groups is 1. The standard InChI is InChI=1S/C24H28F2N2O4/c1-4-5-7-16(13-29)11-20(30)22-24(31-3)27-23-21(10-15(2)12-28(22)23)32-14-17-18(25)8-6-9-19(17)26/h6,8-10,12,16,29H,4-5,7,11,13-14H2,1-3H3/t16-/m0/s1. The van der Waals surface area contributed by atoms with Gasteiger partial charge in [0.05, 0.1) is 12.7 Å². The minimum absolute atomic E-state index is 0.0770. The molecule has 0 saturated heterocycles. The molecule has 32 heavy (non-hydrogen) atoms. The van der Waals surface area contributed by atoms with Gasteiger partial charge < -0.3 is 14.6 Å². The van der Waals surface area contributed by atoms with E-state index in [0.717, 1.165) is 24.8 Å². The van der Waals surface area contributed by atoms with Crippen LogP contribution in [0.25, 0.3) is 5.65 Å². The Balaban J connectivity index is 1.96. The second-order valence-electron chi connectivity index (χ2n) is 7.85. The Kier molecular flexibility index (Phi) is 7.80. The largest absolute Gasteiger partial charge is 0.485 e. The predicted octanol–water partition coefficient (Wildman–Crippen LogP) is 4.88. The summed E-state index contributed by atoms with van der Waals surface area (Å²) in [6.45, 7) is 3.46. The minimum Gasteiger partial charge on any atom is -0.485 e. The Hall–Kier alpha value is -3.00. The summed E-state index contributed by atoms with van der Waals surface area (Å²) in [5.41, 5.74) is 1.13. The molecule has 172 valence electrons. The van der Waals surface area contributed by atoms with Crippen LogP contribution in [0.15, 0.2) is 30.5 Å². The number of fused-ring (bicyclic) bond motifs is 1. The maximum Gasteiger partial charge on any atom is 0.243 e. The summed E-state index contributed by atoms with van der Waals surface area (Å²) in [7, 11) is 1.42. The number of ketones is 1. The molecular weight excluding hydrogens is 418 g/mol. The van der Waals surface area contributed by atoms with Gasteiger partial charge in [-0.25, -0.2) is 8.78 Å². The molecule has 2 aromatic heterocycles. The summed E-state index contributed by atoms with van der Waals surface area (Å²) >= 11 is 0. The number of rotatable bonds is 11. The average molecular weight is 446 g/mol. The third-order valence-electron chi connectivity index (χ3n) is 5.38. The molecule has 0 radical (unpaired) electrons. The Bertz CT molecular complexity index is 1080. The lowest BCUT2D eigenvalue weighted by molar-refractivity contribution is 0.0921. The fraction of sp³-hybridized carbons (Fsp3) is 0.417. The van der Waals surface area contributed by atoms with Crippen LogP contribution in [0, 0.1) is 24.5 Å². The summed E-state index contributed by atoms with van der Waals surface area (Å²) in [5, 5.41) is 9.66. The van der Waals surface area contributed by atoms with Gasteiger partial charge in [0, 0.05) is 19.2 Å². The van der Waals surface area contributed by atoms with E-state index in [1.54, 1.807) is 16.7 Å². The first-order chi connectivity index (χ1) is 15.4. The van der Waals surface area contributed by atoms with E-state index < -0.39 is 11.6 Å². The number of halogens is 2. The van der Waals surface area contributed by atoms with E-state index in [2.05, 4.69) is 11.9 Å². The van der Waals surface area contributed by atoms with E-state index in [4.69, 9.17) is 9.47 Å². The number of carbonyl (C=O) groups excluding carboxylic acids is 1. The molecule has 0 unspecified atom stereocenters. The molecule has 0 saturated carbocycles. The van der Waals surface area contributed by atoms with Gasteiger partial charge in [0.2, 0.25) is 5.88 Å². The smallest absolute Gasteiger partial charge is 0.243 e. The molecule has 3 aromatic rings. The second-order valence-corrected chi connectivity index (χ2v) is 7.85. The first-order valence-electron chi connectivity index (χ1n) is 10.7. The topological polar surface area (TPSA) is 73.1 Å². The summed E-state index contributed by atoms with van der Waals surface area (Å²) < 4.78 is 40.6. The number of hydrogen-bond acceptors (Lipinski definition) is 5. The molecule has 8 heteroatoms. The van der Waals surface area contributed by atoms with E-state index >= 15 is 0 Å². The van der Waals surface area contributed by atoms with E-state index in [-0.39, 0.29) is 54.2 Å². The maximum atomic E-state index is 14.0. The third kappa shape index (κ3) is 5.07. The van der Waals surface area contributed by atoms with Crippen molar-refractivity contribution in [2.45, 2.75) is 46.1 Å². The minimum atomic E-state index is -0.701. The van der Waals surface area contributed by atoms with Gasteiger partial charge in [0.1, 0.15) is 18.2 Å². The molecule has 0 aliphatic heterocycles. The van der Waals surface area contributed by atoms with Crippen LogP contribution in [0.2, 0.25) is 0 Å². The lowest BCUT2D eigenvalue weighted by Gasteiger charge is -2.13. The number of aliphatic hydroxyl groups excluding tert-OH is 1. The number of aromatic nitrogens is 2. The quantitative estimate of drug-likeness (QED) is 0.425. The zero-order valence-electron chi connectivity index (χ0n) is 18.5. The van der Waals surface area contributed by atoms with Crippen molar-refractivity contribution in [3.8, 4) is 11.6 Å².